The van der Waals surface area contributed by atoms with E-state index in [4.69, 9.17) is 0 Å². The predicted molar refractivity (Wildman–Crippen MR) is 80.1 cm³/mol. The quantitative estimate of drug-likeness (QED) is 0.796. The molecule has 0 spiro atoms. The summed E-state index contributed by atoms with van der Waals surface area (Å²) in [5, 5.41) is 23.2. The minimum atomic E-state index is -0.541. The van der Waals surface area contributed by atoms with Crippen molar-refractivity contribution in [3.63, 3.8) is 0 Å². The van der Waals surface area contributed by atoms with Gasteiger partial charge < -0.3 is 15.5 Å². The van der Waals surface area contributed by atoms with Gasteiger partial charge in [0.2, 0.25) is 0 Å². The van der Waals surface area contributed by atoms with Crippen molar-refractivity contribution in [1.29, 1.82) is 0 Å². The minimum Gasteiger partial charge on any atom is -0.507 e. The van der Waals surface area contributed by atoms with Gasteiger partial charge in [-0.15, -0.1) is 0 Å². The lowest BCUT2D eigenvalue weighted by atomic mass is 9.79. The molecule has 1 aliphatic rings. The Morgan fingerprint density at radius 3 is 2.68 bits per heavy atom. The van der Waals surface area contributed by atoms with Crippen molar-refractivity contribution in [3.8, 4) is 5.75 Å². The molecule has 0 heterocycles. The topological polar surface area (TPSA) is 52.5 Å². The summed E-state index contributed by atoms with van der Waals surface area (Å²) in [5.41, 5.74) is 0.554. The van der Waals surface area contributed by atoms with E-state index in [0.717, 1.165) is 37.2 Å². The van der Waals surface area contributed by atoms with Gasteiger partial charge in [0.05, 0.1) is 10.1 Å². The predicted octanol–water partition coefficient (Wildman–Crippen LogP) is 3.19. The Morgan fingerprint density at radius 2 is 2.05 bits per heavy atom. The highest BCUT2D eigenvalue weighted by molar-refractivity contribution is 9.10. The summed E-state index contributed by atoms with van der Waals surface area (Å²) < 4.78 is 0.706. The molecular weight excluding hydrogens is 306 g/mol. The van der Waals surface area contributed by atoms with Gasteiger partial charge in [-0.1, -0.05) is 13.0 Å². The number of rotatable bonds is 4. The maximum Gasteiger partial charge on any atom is 0.129 e. The van der Waals surface area contributed by atoms with Crippen molar-refractivity contribution < 1.29 is 10.2 Å². The first kappa shape index (κ1) is 14.8. The smallest absolute Gasteiger partial charge is 0.129 e. The highest BCUT2D eigenvalue weighted by Crippen LogP contribution is 2.31. The van der Waals surface area contributed by atoms with Crippen LogP contribution >= 0.6 is 15.9 Å². The number of phenolic OH excluding ortho intramolecular Hbond substituents is 1. The van der Waals surface area contributed by atoms with Crippen molar-refractivity contribution in [2.45, 2.75) is 44.8 Å². The summed E-state index contributed by atoms with van der Waals surface area (Å²) in [7, 11) is 0. The molecule has 4 heteroatoms. The molecular formula is C15H22BrNO2. The molecule has 0 radical (unpaired) electrons. The van der Waals surface area contributed by atoms with E-state index < -0.39 is 5.60 Å². The molecule has 1 aromatic rings. The molecule has 106 valence electrons. The molecule has 2 rings (SSSR count). The highest BCUT2D eigenvalue weighted by Gasteiger charge is 2.31. The van der Waals surface area contributed by atoms with Gasteiger partial charge >= 0.3 is 0 Å². The summed E-state index contributed by atoms with van der Waals surface area (Å²) >= 11 is 3.30. The summed E-state index contributed by atoms with van der Waals surface area (Å²) in [5.74, 6) is 0.997. The lowest BCUT2D eigenvalue weighted by Gasteiger charge is -2.35. The lowest BCUT2D eigenvalue weighted by molar-refractivity contribution is -0.00630. The number of hydrogen-bond acceptors (Lipinski definition) is 3. The van der Waals surface area contributed by atoms with Crippen LogP contribution in [0.4, 0.5) is 0 Å². The Kier molecular flexibility index (Phi) is 4.87. The number of nitrogens with one attached hydrogen (secondary N) is 1. The molecule has 0 unspecified atom stereocenters. The second-order valence-electron chi connectivity index (χ2n) is 5.80. The van der Waals surface area contributed by atoms with Crippen LogP contribution in [0.3, 0.4) is 0 Å². The van der Waals surface area contributed by atoms with Crippen LogP contribution in [-0.4, -0.2) is 22.4 Å². The highest BCUT2D eigenvalue weighted by atomic mass is 79.9. The molecule has 0 saturated heterocycles. The minimum absolute atomic E-state index is 0.253. The first-order valence-electron chi connectivity index (χ1n) is 6.89. The fourth-order valence-corrected chi connectivity index (χ4v) is 3.00. The molecule has 1 saturated carbocycles. The van der Waals surface area contributed by atoms with Crippen LogP contribution in [0.2, 0.25) is 0 Å². The average Bonchev–Trinajstić information content (AvgIpc) is 2.38. The Balaban J connectivity index is 1.81. The second kappa shape index (κ2) is 6.25. The van der Waals surface area contributed by atoms with E-state index in [9.17, 15) is 10.2 Å². The lowest BCUT2D eigenvalue weighted by Crippen LogP contribution is -2.43. The van der Waals surface area contributed by atoms with E-state index in [-0.39, 0.29) is 5.75 Å². The van der Waals surface area contributed by atoms with Gasteiger partial charge in [-0.25, -0.2) is 0 Å². The monoisotopic (exact) mass is 327 g/mol. The number of aliphatic hydroxyl groups is 1. The Morgan fingerprint density at radius 1 is 1.37 bits per heavy atom. The Bertz CT molecular complexity index is 428. The molecule has 3 nitrogen and oxygen atoms in total. The van der Waals surface area contributed by atoms with Crippen molar-refractivity contribution in [2.24, 2.45) is 5.92 Å². The van der Waals surface area contributed by atoms with Crippen LogP contribution in [-0.2, 0) is 6.54 Å². The third-order valence-corrected chi connectivity index (χ3v) is 4.64. The summed E-state index contributed by atoms with van der Waals surface area (Å²) in [6.07, 6.45) is 4.01. The standard InChI is InChI=1S/C15H22BrNO2/c1-11-4-6-15(19,7-5-11)10-17-9-12-2-3-14(18)13(16)8-12/h2-3,8,11,17-19H,4-7,9-10H2,1H3. The zero-order chi connectivity index (χ0) is 13.9. The normalized spacial score (nSPS) is 27.4. The maximum atomic E-state index is 10.5. The fourth-order valence-electron chi connectivity index (χ4n) is 2.58. The van der Waals surface area contributed by atoms with Gasteiger partial charge in [0.15, 0.2) is 0 Å². The molecule has 1 aromatic carbocycles. The number of benzene rings is 1. The average molecular weight is 328 g/mol. The second-order valence-corrected chi connectivity index (χ2v) is 6.65. The largest absolute Gasteiger partial charge is 0.507 e. The van der Waals surface area contributed by atoms with Crippen LogP contribution in [0, 0.1) is 5.92 Å². The van der Waals surface area contributed by atoms with Crippen LogP contribution in [0.1, 0.15) is 38.2 Å². The number of aromatic hydroxyl groups is 1. The zero-order valence-corrected chi connectivity index (χ0v) is 12.9. The van der Waals surface area contributed by atoms with Gasteiger partial charge in [-0.2, -0.15) is 0 Å². The van der Waals surface area contributed by atoms with Gasteiger partial charge in [0, 0.05) is 13.1 Å². The van der Waals surface area contributed by atoms with Crippen molar-refractivity contribution in [3.05, 3.63) is 28.2 Å². The molecule has 0 atom stereocenters. The van der Waals surface area contributed by atoms with Crippen LogP contribution in [0.5, 0.6) is 5.75 Å². The Labute approximate surface area is 123 Å². The molecule has 0 aromatic heterocycles. The van der Waals surface area contributed by atoms with Crippen molar-refractivity contribution in [1.82, 2.24) is 5.32 Å². The summed E-state index contributed by atoms with van der Waals surface area (Å²) in [4.78, 5) is 0. The van der Waals surface area contributed by atoms with E-state index in [1.807, 2.05) is 12.1 Å². The van der Waals surface area contributed by atoms with E-state index in [0.29, 0.717) is 17.6 Å². The molecule has 0 amide bonds. The first-order valence-corrected chi connectivity index (χ1v) is 7.68. The zero-order valence-electron chi connectivity index (χ0n) is 11.3. The van der Waals surface area contributed by atoms with E-state index in [2.05, 4.69) is 28.2 Å². The molecule has 1 aliphatic carbocycles. The molecule has 0 bridgehead atoms. The third-order valence-electron chi connectivity index (χ3n) is 4.00. The van der Waals surface area contributed by atoms with Gasteiger partial charge in [-0.3, -0.25) is 0 Å². The van der Waals surface area contributed by atoms with Crippen LogP contribution in [0.25, 0.3) is 0 Å². The van der Waals surface area contributed by atoms with Crippen molar-refractivity contribution in [2.75, 3.05) is 6.54 Å². The van der Waals surface area contributed by atoms with Crippen molar-refractivity contribution >= 4 is 15.9 Å². The number of halogens is 1. The third kappa shape index (κ3) is 4.20. The SMILES string of the molecule is CC1CCC(O)(CNCc2ccc(O)c(Br)c2)CC1. The number of hydrogen-bond donors (Lipinski definition) is 3. The van der Waals surface area contributed by atoms with E-state index >= 15 is 0 Å². The van der Waals surface area contributed by atoms with Crippen LogP contribution in [0.15, 0.2) is 22.7 Å². The summed E-state index contributed by atoms with van der Waals surface area (Å²) in [6.45, 7) is 3.59. The van der Waals surface area contributed by atoms with E-state index in [1.54, 1.807) is 6.07 Å². The fraction of sp³-hybridized carbons (Fsp3) is 0.600. The van der Waals surface area contributed by atoms with Gasteiger partial charge in [-0.05, 0) is 65.2 Å². The molecule has 19 heavy (non-hydrogen) atoms. The number of phenols is 1. The van der Waals surface area contributed by atoms with Crippen LogP contribution < -0.4 is 5.32 Å². The first-order chi connectivity index (χ1) is 8.98. The molecule has 3 N–H and O–H groups in total. The van der Waals surface area contributed by atoms with Gasteiger partial charge in [0.25, 0.3) is 0 Å². The Hall–Kier alpha value is -0.580. The van der Waals surface area contributed by atoms with E-state index in [1.165, 1.54) is 0 Å². The maximum absolute atomic E-state index is 10.5. The summed E-state index contributed by atoms with van der Waals surface area (Å²) in [6, 6.07) is 5.47. The molecule has 1 fully saturated rings. The molecule has 0 aliphatic heterocycles. The van der Waals surface area contributed by atoms with Gasteiger partial charge in [0.1, 0.15) is 5.75 Å².